The maximum absolute atomic E-state index is 13.6. The minimum atomic E-state index is -1.28. The highest BCUT2D eigenvalue weighted by Gasteiger charge is 2.32. The number of nitrogens with one attached hydrogen (secondary N) is 1. The number of aromatic nitrogens is 2. The van der Waals surface area contributed by atoms with Crippen LogP contribution >= 0.6 is 0 Å². The fraction of sp³-hybridized carbons (Fsp3) is 0.375. The van der Waals surface area contributed by atoms with E-state index in [0.29, 0.717) is 25.2 Å². The van der Waals surface area contributed by atoms with Crippen LogP contribution in [0.3, 0.4) is 0 Å². The number of carbonyl (C=O) groups is 1. The number of hydrogen-bond donors (Lipinski definition) is 1. The third kappa shape index (κ3) is 3.28. The number of benzene rings is 1. The molecule has 0 unspecified atom stereocenters. The zero-order chi connectivity index (χ0) is 17.3. The molecule has 1 amide bonds. The van der Waals surface area contributed by atoms with E-state index in [9.17, 15) is 18.0 Å². The number of amides is 1. The second-order valence-electron chi connectivity index (χ2n) is 5.67. The lowest BCUT2D eigenvalue weighted by Gasteiger charge is -2.20. The van der Waals surface area contributed by atoms with Crippen LogP contribution < -0.4 is 5.32 Å². The summed E-state index contributed by atoms with van der Waals surface area (Å²) in [4.78, 5) is 12.1. The van der Waals surface area contributed by atoms with Crippen LogP contribution in [-0.4, -0.2) is 28.3 Å². The summed E-state index contributed by atoms with van der Waals surface area (Å²) in [6.45, 7) is 0.473. The summed E-state index contributed by atoms with van der Waals surface area (Å²) in [6.07, 6.45) is 1.50. The molecule has 0 saturated carbocycles. The van der Waals surface area contributed by atoms with Gasteiger partial charge in [0.25, 0.3) is 0 Å². The van der Waals surface area contributed by atoms with Crippen molar-refractivity contribution in [3.63, 3.8) is 0 Å². The first-order chi connectivity index (χ1) is 11.5. The van der Waals surface area contributed by atoms with Crippen molar-refractivity contribution in [3.8, 4) is 0 Å². The smallest absolute Gasteiger partial charge is 0.224 e. The third-order valence-corrected chi connectivity index (χ3v) is 4.03. The van der Waals surface area contributed by atoms with Crippen LogP contribution in [0, 0.1) is 17.5 Å². The molecule has 1 fully saturated rings. The number of nitrogens with zero attached hydrogens (tertiary/aromatic N) is 2. The summed E-state index contributed by atoms with van der Waals surface area (Å²) >= 11 is 0. The van der Waals surface area contributed by atoms with Gasteiger partial charge in [-0.05, 0) is 18.6 Å². The summed E-state index contributed by atoms with van der Waals surface area (Å²) in [6, 6.07) is 2.65. The van der Waals surface area contributed by atoms with Crippen LogP contribution in [0.5, 0.6) is 0 Å². The van der Waals surface area contributed by atoms with E-state index in [2.05, 4.69) is 10.4 Å². The molecule has 3 rings (SSSR count). The van der Waals surface area contributed by atoms with Gasteiger partial charge >= 0.3 is 0 Å². The minimum absolute atomic E-state index is 0.192. The average Bonchev–Trinajstić information content (AvgIpc) is 3.13. The Hall–Kier alpha value is -2.35. The summed E-state index contributed by atoms with van der Waals surface area (Å²) in [7, 11) is 1.77. The molecule has 1 aliphatic heterocycles. The molecule has 0 aliphatic carbocycles. The van der Waals surface area contributed by atoms with Gasteiger partial charge < -0.3 is 10.1 Å². The Kier molecular flexibility index (Phi) is 4.57. The molecule has 2 heterocycles. The molecule has 2 aromatic rings. The Morgan fingerprint density at radius 3 is 2.79 bits per heavy atom. The van der Waals surface area contributed by atoms with E-state index < -0.39 is 23.4 Å². The normalized spacial score (nSPS) is 20.3. The van der Waals surface area contributed by atoms with E-state index in [1.807, 2.05) is 0 Å². The van der Waals surface area contributed by atoms with Crippen LogP contribution in [0.2, 0.25) is 0 Å². The summed E-state index contributed by atoms with van der Waals surface area (Å²) < 4.78 is 47.1. The van der Waals surface area contributed by atoms with E-state index in [1.165, 1.54) is 0 Å². The molecule has 0 bridgehead atoms. The van der Waals surface area contributed by atoms with Gasteiger partial charge in [-0.3, -0.25) is 9.48 Å². The molecule has 0 spiro atoms. The van der Waals surface area contributed by atoms with Crippen molar-refractivity contribution in [2.24, 2.45) is 7.05 Å². The van der Waals surface area contributed by atoms with Crippen molar-refractivity contribution >= 4 is 5.91 Å². The van der Waals surface area contributed by atoms with E-state index in [1.54, 1.807) is 24.0 Å². The molecule has 8 heteroatoms. The average molecular weight is 339 g/mol. The van der Waals surface area contributed by atoms with E-state index in [4.69, 9.17) is 4.74 Å². The molecule has 1 N–H and O–H groups in total. The van der Waals surface area contributed by atoms with Crippen LogP contribution in [-0.2, 0) is 23.0 Å². The highest BCUT2D eigenvalue weighted by Crippen LogP contribution is 2.28. The summed E-state index contributed by atoms with van der Waals surface area (Å²) in [5.74, 6) is -3.90. The van der Waals surface area contributed by atoms with Crippen LogP contribution in [0.1, 0.15) is 23.8 Å². The lowest BCUT2D eigenvalue weighted by atomic mass is 10.1. The van der Waals surface area contributed by atoms with Crippen molar-refractivity contribution < 1.29 is 22.7 Å². The first-order valence-corrected chi connectivity index (χ1v) is 7.48. The second-order valence-corrected chi connectivity index (χ2v) is 5.67. The first-order valence-electron chi connectivity index (χ1n) is 7.48. The molecule has 1 aromatic carbocycles. The maximum atomic E-state index is 13.6. The number of hydrogen-bond acceptors (Lipinski definition) is 3. The summed E-state index contributed by atoms with van der Waals surface area (Å²) in [5.41, 5.74) is 0.624. The SMILES string of the molecule is Cn1nccc1[C@H]1OCC[C@@H]1NC(=O)Cc1cc(F)c(F)cc1F. The van der Waals surface area contributed by atoms with Crippen LogP contribution in [0.25, 0.3) is 0 Å². The van der Waals surface area contributed by atoms with Crippen molar-refractivity contribution in [1.29, 1.82) is 0 Å². The number of carbonyl (C=O) groups excluding carboxylic acids is 1. The standard InChI is InChI=1S/C16H16F3N3O2/c1-22-14(2-4-20-22)16-13(3-5-24-16)21-15(23)7-9-6-11(18)12(19)8-10(9)17/h2,4,6,8,13,16H,3,5,7H2,1H3,(H,21,23)/t13-,16-/m0/s1. The van der Waals surface area contributed by atoms with Gasteiger partial charge in [0.05, 0.1) is 18.2 Å². The van der Waals surface area contributed by atoms with Gasteiger partial charge in [-0.15, -0.1) is 0 Å². The predicted molar refractivity (Wildman–Crippen MR) is 78.5 cm³/mol. The Labute approximate surface area is 136 Å². The topological polar surface area (TPSA) is 56.1 Å². The quantitative estimate of drug-likeness (QED) is 0.867. The molecule has 5 nitrogen and oxygen atoms in total. The molecule has 0 radical (unpaired) electrons. The van der Waals surface area contributed by atoms with Gasteiger partial charge in [0, 0.05) is 31.5 Å². The minimum Gasteiger partial charge on any atom is -0.370 e. The Morgan fingerprint density at radius 2 is 2.08 bits per heavy atom. The van der Waals surface area contributed by atoms with Gasteiger partial charge in [0.2, 0.25) is 5.91 Å². The van der Waals surface area contributed by atoms with E-state index in [-0.39, 0.29) is 24.1 Å². The highest BCUT2D eigenvalue weighted by atomic mass is 19.2. The molecule has 1 aliphatic rings. The van der Waals surface area contributed by atoms with Gasteiger partial charge in [-0.1, -0.05) is 0 Å². The van der Waals surface area contributed by atoms with Gasteiger partial charge in [0.15, 0.2) is 11.6 Å². The molecule has 24 heavy (non-hydrogen) atoms. The third-order valence-electron chi connectivity index (χ3n) is 4.03. The first kappa shape index (κ1) is 16.5. The fourth-order valence-electron chi connectivity index (χ4n) is 2.82. The Morgan fingerprint density at radius 1 is 1.33 bits per heavy atom. The Bertz CT molecular complexity index is 763. The monoisotopic (exact) mass is 339 g/mol. The second kappa shape index (κ2) is 6.64. The molecule has 1 saturated heterocycles. The molecular formula is C16H16F3N3O2. The zero-order valence-corrected chi connectivity index (χ0v) is 12.9. The van der Waals surface area contributed by atoms with Crippen molar-refractivity contribution in [2.75, 3.05) is 6.61 Å². The van der Waals surface area contributed by atoms with Crippen LogP contribution in [0.4, 0.5) is 13.2 Å². The largest absolute Gasteiger partial charge is 0.370 e. The highest BCUT2D eigenvalue weighted by molar-refractivity contribution is 5.79. The van der Waals surface area contributed by atoms with E-state index >= 15 is 0 Å². The number of rotatable bonds is 4. The van der Waals surface area contributed by atoms with Crippen LogP contribution in [0.15, 0.2) is 24.4 Å². The van der Waals surface area contributed by atoms with Gasteiger partial charge in [-0.25, -0.2) is 13.2 Å². The molecule has 2 atom stereocenters. The number of aryl methyl sites for hydroxylation is 1. The predicted octanol–water partition coefficient (Wildman–Crippen LogP) is 2.03. The van der Waals surface area contributed by atoms with Gasteiger partial charge in [-0.2, -0.15) is 5.10 Å². The molecular weight excluding hydrogens is 323 g/mol. The molecule has 1 aromatic heterocycles. The fourth-order valence-corrected chi connectivity index (χ4v) is 2.82. The van der Waals surface area contributed by atoms with Crippen molar-refractivity contribution in [3.05, 3.63) is 53.1 Å². The summed E-state index contributed by atoms with van der Waals surface area (Å²) in [5, 5.41) is 6.84. The number of ether oxygens (including phenoxy) is 1. The van der Waals surface area contributed by atoms with Crippen molar-refractivity contribution in [2.45, 2.75) is 25.0 Å². The Balaban J connectivity index is 1.68. The lowest BCUT2D eigenvalue weighted by Crippen LogP contribution is -2.38. The van der Waals surface area contributed by atoms with Gasteiger partial charge in [0.1, 0.15) is 11.9 Å². The lowest BCUT2D eigenvalue weighted by molar-refractivity contribution is -0.121. The maximum Gasteiger partial charge on any atom is 0.224 e. The van der Waals surface area contributed by atoms with E-state index in [0.717, 1.165) is 5.69 Å². The molecule has 128 valence electrons. The zero-order valence-electron chi connectivity index (χ0n) is 12.9. The number of halogens is 3. The van der Waals surface area contributed by atoms with Crippen molar-refractivity contribution in [1.82, 2.24) is 15.1 Å².